The normalized spacial score (nSPS) is 11.2. The lowest BCUT2D eigenvalue weighted by Crippen LogP contribution is -2.24. The van der Waals surface area contributed by atoms with Gasteiger partial charge in [0.1, 0.15) is 5.01 Å². The molecule has 0 aliphatic carbocycles. The lowest BCUT2D eigenvalue weighted by molar-refractivity contribution is -0.120. The average molecular weight is 479 g/mol. The van der Waals surface area contributed by atoms with Gasteiger partial charge in [-0.15, -0.1) is 22.7 Å². The number of aromatic nitrogens is 3. The molecule has 0 aliphatic rings. The molecule has 3 heterocycles. The number of para-hydroxylation sites is 2. The molecule has 0 spiro atoms. The van der Waals surface area contributed by atoms with Crippen molar-refractivity contribution in [2.75, 3.05) is 0 Å². The van der Waals surface area contributed by atoms with Gasteiger partial charge in [-0.25, -0.2) is 9.97 Å². The predicted molar refractivity (Wildman–Crippen MR) is 131 cm³/mol. The Kier molecular flexibility index (Phi) is 6.03. The Morgan fingerprint density at radius 1 is 1.03 bits per heavy atom. The molecule has 32 heavy (non-hydrogen) atoms. The van der Waals surface area contributed by atoms with Crippen LogP contribution in [0.3, 0.4) is 0 Å². The summed E-state index contributed by atoms with van der Waals surface area (Å²) in [4.78, 5) is 22.4. The Labute approximate surface area is 198 Å². The van der Waals surface area contributed by atoms with Crippen LogP contribution in [-0.4, -0.2) is 20.4 Å². The van der Waals surface area contributed by atoms with Gasteiger partial charge in [-0.3, -0.25) is 4.79 Å². The van der Waals surface area contributed by atoms with Crippen LogP contribution >= 0.6 is 34.3 Å². The summed E-state index contributed by atoms with van der Waals surface area (Å²) in [5.41, 5.74) is 5.14. The van der Waals surface area contributed by atoms with Crippen LogP contribution in [0.4, 0.5) is 0 Å². The Hall–Kier alpha value is -3.00. The largest absolute Gasteiger partial charge is 0.352 e. The van der Waals surface area contributed by atoms with Crippen molar-refractivity contribution < 1.29 is 4.79 Å². The van der Waals surface area contributed by atoms with E-state index in [1.165, 1.54) is 28.2 Å². The van der Waals surface area contributed by atoms with E-state index in [2.05, 4.69) is 50.2 Å². The molecule has 3 aromatic heterocycles. The van der Waals surface area contributed by atoms with Crippen molar-refractivity contribution in [2.24, 2.45) is 0 Å². The molecule has 0 saturated heterocycles. The molecule has 0 unspecified atom stereocenters. The monoisotopic (exact) mass is 478 g/mol. The number of nitrogens with zero attached hydrogens (tertiary/aromatic N) is 3. The van der Waals surface area contributed by atoms with Gasteiger partial charge < -0.3 is 9.88 Å². The number of thiazole rings is 1. The molecule has 5 aromatic rings. The average Bonchev–Trinajstić information content (AvgIpc) is 3.54. The number of imidazole rings is 1. The first-order valence-corrected chi connectivity index (χ1v) is 12.2. The summed E-state index contributed by atoms with van der Waals surface area (Å²) in [7, 11) is 0. The van der Waals surface area contributed by atoms with E-state index in [4.69, 9.17) is 11.6 Å². The zero-order valence-corrected chi connectivity index (χ0v) is 19.4. The number of hydrogen-bond donors (Lipinski definition) is 1. The van der Waals surface area contributed by atoms with Gasteiger partial charge in [0, 0.05) is 18.5 Å². The second-order valence-corrected chi connectivity index (χ2v) is 9.95. The number of nitrogens with one attached hydrogen (secondary N) is 1. The molecular weight excluding hydrogens is 460 g/mol. The van der Waals surface area contributed by atoms with Gasteiger partial charge in [-0.05, 0) is 35.4 Å². The zero-order valence-electron chi connectivity index (χ0n) is 17.0. The molecule has 0 radical (unpaired) electrons. The van der Waals surface area contributed by atoms with Crippen LogP contribution < -0.4 is 5.32 Å². The lowest BCUT2D eigenvalue weighted by Gasteiger charge is -2.07. The predicted octanol–water partition coefficient (Wildman–Crippen LogP) is 5.78. The van der Waals surface area contributed by atoms with Gasteiger partial charge in [0.05, 0.1) is 38.7 Å². The Balaban J connectivity index is 1.15. The van der Waals surface area contributed by atoms with Crippen molar-refractivity contribution in [3.8, 4) is 9.88 Å². The minimum Gasteiger partial charge on any atom is -0.352 e. The fourth-order valence-electron chi connectivity index (χ4n) is 3.45. The number of carbonyl (C=O) groups is 1. The quantitative estimate of drug-likeness (QED) is 0.322. The molecular formula is C24H19ClN4OS2. The molecule has 0 saturated carbocycles. The molecule has 5 nitrogen and oxygen atoms in total. The molecule has 0 fully saturated rings. The number of fused-ring (bicyclic) bond motifs is 1. The number of benzene rings is 2. The van der Waals surface area contributed by atoms with E-state index in [-0.39, 0.29) is 12.3 Å². The SMILES string of the molecule is O=C(Cc1csc(-c2ccc(Cl)s2)n1)NCc1ccc(Cn2cnc3ccccc32)cc1. The highest BCUT2D eigenvalue weighted by molar-refractivity contribution is 7.23. The fraction of sp³-hybridized carbons (Fsp3) is 0.125. The maximum absolute atomic E-state index is 12.4. The highest BCUT2D eigenvalue weighted by atomic mass is 35.5. The first-order valence-electron chi connectivity index (χ1n) is 10.1. The van der Waals surface area contributed by atoms with Gasteiger partial charge in [-0.2, -0.15) is 0 Å². The second-order valence-electron chi connectivity index (χ2n) is 7.38. The third-order valence-electron chi connectivity index (χ3n) is 5.07. The topological polar surface area (TPSA) is 59.8 Å². The van der Waals surface area contributed by atoms with Gasteiger partial charge in [0.25, 0.3) is 0 Å². The van der Waals surface area contributed by atoms with E-state index in [1.54, 1.807) is 0 Å². The Morgan fingerprint density at radius 3 is 2.66 bits per heavy atom. The second kappa shape index (κ2) is 9.24. The van der Waals surface area contributed by atoms with E-state index in [9.17, 15) is 4.79 Å². The van der Waals surface area contributed by atoms with Gasteiger partial charge in [0.2, 0.25) is 5.91 Å². The number of halogens is 1. The third-order valence-corrected chi connectivity index (χ3v) is 7.36. The van der Waals surface area contributed by atoms with Crippen LogP contribution in [0.15, 0.2) is 72.4 Å². The van der Waals surface area contributed by atoms with E-state index in [0.717, 1.165) is 43.1 Å². The van der Waals surface area contributed by atoms with Crippen molar-refractivity contribution in [3.05, 3.63) is 93.5 Å². The number of amides is 1. The van der Waals surface area contributed by atoms with Crippen molar-refractivity contribution in [1.29, 1.82) is 0 Å². The summed E-state index contributed by atoms with van der Waals surface area (Å²) in [6, 6.07) is 20.2. The van der Waals surface area contributed by atoms with Gasteiger partial charge in [-0.1, -0.05) is 48.0 Å². The minimum absolute atomic E-state index is 0.0416. The fourth-order valence-corrected chi connectivity index (χ4v) is 5.39. The van der Waals surface area contributed by atoms with Crippen LogP contribution in [0, 0.1) is 0 Å². The number of carbonyl (C=O) groups excluding carboxylic acids is 1. The van der Waals surface area contributed by atoms with Crippen LogP contribution in [0.5, 0.6) is 0 Å². The van der Waals surface area contributed by atoms with Gasteiger partial charge in [0.15, 0.2) is 0 Å². The first kappa shape index (κ1) is 20.9. The maximum atomic E-state index is 12.4. The summed E-state index contributed by atoms with van der Waals surface area (Å²) in [5.74, 6) is -0.0416. The summed E-state index contributed by atoms with van der Waals surface area (Å²) in [5, 5.41) is 5.80. The molecule has 1 N–H and O–H groups in total. The first-order chi connectivity index (χ1) is 15.6. The Bertz CT molecular complexity index is 1370. The summed E-state index contributed by atoms with van der Waals surface area (Å²) in [6.45, 7) is 1.25. The molecule has 160 valence electrons. The zero-order chi connectivity index (χ0) is 21.9. The number of thiophene rings is 1. The smallest absolute Gasteiger partial charge is 0.226 e. The van der Waals surface area contributed by atoms with Gasteiger partial charge >= 0.3 is 0 Å². The maximum Gasteiger partial charge on any atom is 0.226 e. The van der Waals surface area contributed by atoms with E-state index in [0.29, 0.717) is 6.54 Å². The molecule has 1 amide bonds. The van der Waals surface area contributed by atoms with Crippen LogP contribution in [0.1, 0.15) is 16.8 Å². The van der Waals surface area contributed by atoms with Crippen LogP contribution in [-0.2, 0) is 24.3 Å². The molecule has 8 heteroatoms. The van der Waals surface area contributed by atoms with Crippen molar-refractivity contribution in [3.63, 3.8) is 0 Å². The van der Waals surface area contributed by atoms with E-state index >= 15 is 0 Å². The third kappa shape index (κ3) is 4.75. The van der Waals surface area contributed by atoms with Crippen LogP contribution in [0.2, 0.25) is 4.34 Å². The summed E-state index contributed by atoms with van der Waals surface area (Å²) in [6.07, 6.45) is 2.14. The molecule has 0 bridgehead atoms. The molecule has 0 atom stereocenters. The highest BCUT2D eigenvalue weighted by Crippen LogP contribution is 2.33. The van der Waals surface area contributed by atoms with E-state index < -0.39 is 0 Å². The Morgan fingerprint density at radius 2 is 1.84 bits per heavy atom. The lowest BCUT2D eigenvalue weighted by atomic mass is 10.1. The number of rotatable bonds is 7. The molecule has 0 aliphatic heterocycles. The summed E-state index contributed by atoms with van der Waals surface area (Å²) >= 11 is 9.02. The van der Waals surface area contributed by atoms with E-state index in [1.807, 2.05) is 42.0 Å². The molecule has 2 aromatic carbocycles. The van der Waals surface area contributed by atoms with Crippen molar-refractivity contribution in [2.45, 2.75) is 19.5 Å². The standard InChI is InChI=1S/C24H19ClN4OS2/c25-22-10-9-21(32-22)24-28-18(14-31-24)11-23(30)26-12-16-5-7-17(8-6-16)13-29-15-27-19-3-1-2-4-20(19)29/h1-10,14-15H,11-13H2,(H,26,30). The minimum atomic E-state index is -0.0416. The van der Waals surface area contributed by atoms with Crippen molar-refractivity contribution in [1.82, 2.24) is 19.9 Å². The summed E-state index contributed by atoms with van der Waals surface area (Å²) < 4.78 is 2.87. The van der Waals surface area contributed by atoms with Crippen molar-refractivity contribution >= 4 is 51.2 Å². The number of hydrogen-bond acceptors (Lipinski definition) is 5. The van der Waals surface area contributed by atoms with Crippen LogP contribution in [0.25, 0.3) is 20.9 Å². The highest BCUT2D eigenvalue weighted by Gasteiger charge is 2.11. The molecule has 5 rings (SSSR count).